The standard InChI is InChI=1S/C27H27N3O2/c1-4-23(28-20(3)32-18-21-13-7-5-8-14-21)26-29-24-17-11-12-19(2)25(24)27(31)30(26)22-15-9-6-10-16-22/h5-17,23,28H,3-4,18H2,1-2H3. The molecule has 1 aromatic heterocycles. The smallest absolute Gasteiger partial charge is 0.266 e. The van der Waals surface area contributed by atoms with Crippen LogP contribution in [0, 0.1) is 6.92 Å². The van der Waals surface area contributed by atoms with Crippen molar-refractivity contribution >= 4 is 10.9 Å². The number of hydrogen-bond acceptors (Lipinski definition) is 4. The normalized spacial score (nSPS) is 11.8. The SMILES string of the molecule is C=C(NC(CC)c1nc2cccc(C)c2c(=O)n1-c1ccccc1)OCc1ccccc1. The molecule has 0 fully saturated rings. The summed E-state index contributed by atoms with van der Waals surface area (Å²) in [5.74, 6) is 1.07. The number of aromatic nitrogens is 2. The average molecular weight is 426 g/mol. The van der Waals surface area contributed by atoms with Gasteiger partial charge in [0.1, 0.15) is 12.4 Å². The summed E-state index contributed by atoms with van der Waals surface area (Å²) in [4.78, 5) is 18.5. The maximum atomic E-state index is 13.6. The summed E-state index contributed by atoms with van der Waals surface area (Å²) in [6.07, 6.45) is 0.699. The molecule has 0 radical (unpaired) electrons. The highest BCUT2D eigenvalue weighted by atomic mass is 16.5. The molecule has 1 heterocycles. The van der Waals surface area contributed by atoms with Crippen LogP contribution in [0.3, 0.4) is 0 Å². The van der Waals surface area contributed by atoms with Gasteiger partial charge in [0.25, 0.3) is 5.56 Å². The van der Waals surface area contributed by atoms with Gasteiger partial charge in [0.05, 0.1) is 22.6 Å². The minimum Gasteiger partial charge on any atom is -0.475 e. The number of aryl methyl sites for hydroxylation is 1. The zero-order valence-corrected chi connectivity index (χ0v) is 18.4. The number of rotatable bonds is 8. The third-order valence-electron chi connectivity index (χ3n) is 5.46. The lowest BCUT2D eigenvalue weighted by atomic mass is 10.1. The Labute approximate surface area is 188 Å². The first-order valence-corrected chi connectivity index (χ1v) is 10.8. The van der Waals surface area contributed by atoms with E-state index in [1.807, 2.05) is 92.7 Å². The molecular formula is C27H27N3O2. The molecule has 4 rings (SSSR count). The molecule has 0 aliphatic heterocycles. The first-order chi connectivity index (χ1) is 15.6. The number of para-hydroxylation sites is 1. The second-order valence-corrected chi connectivity index (χ2v) is 7.72. The number of fused-ring (bicyclic) bond motifs is 1. The topological polar surface area (TPSA) is 56.2 Å². The van der Waals surface area contributed by atoms with Crippen LogP contribution in [0.25, 0.3) is 16.6 Å². The number of hydrogen-bond donors (Lipinski definition) is 1. The molecule has 32 heavy (non-hydrogen) atoms. The number of nitrogens with one attached hydrogen (secondary N) is 1. The van der Waals surface area contributed by atoms with Crippen LogP contribution in [0.4, 0.5) is 0 Å². The quantitative estimate of drug-likeness (QED) is 0.383. The van der Waals surface area contributed by atoms with Gasteiger partial charge in [-0.05, 0) is 49.2 Å². The summed E-state index contributed by atoms with van der Waals surface area (Å²) in [5, 5.41) is 3.96. The summed E-state index contributed by atoms with van der Waals surface area (Å²) in [5.41, 5.74) is 3.36. The summed E-state index contributed by atoms with van der Waals surface area (Å²) in [6.45, 7) is 8.44. The second-order valence-electron chi connectivity index (χ2n) is 7.72. The van der Waals surface area contributed by atoms with E-state index in [9.17, 15) is 4.79 Å². The molecule has 1 N–H and O–H groups in total. The maximum Gasteiger partial charge on any atom is 0.266 e. The van der Waals surface area contributed by atoms with Gasteiger partial charge in [0.15, 0.2) is 5.88 Å². The van der Waals surface area contributed by atoms with Gasteiger partial charge < -0.3 is 10.1 Å². The van der Waals surface area contributed by atoms with Crippen LogP contribution in [-0.4, -0.2) is 9.55 Å². The van der Waals surface area contributed by atoms with E-state index in [1.54, 1.807) is 4.57 Å². The minimum absolute atomic E-state index is 0.0784. The Morgan fingerprint density at radius 1 is 1.03 bits per heavy atom. The predicted octanol–water partition coefficient (Wildman–Crippen LogP) is 5.42. The minimum atomic E-state index is -0.254. The number of ether oxygens (including phenoxy) is 1. The van der Waals surface area contributed by atoms with E-state index in [2.05, 4.69) is 11.9 Å². The molecule has 0 spiro atoms. The zero-order valence-electron chi connectivity index (χ0n) is 18.4. The van der Waals surface area contributed by atoms with Crippen molar-refractivity contribution in [2.75, 3.05) is 0 Å². The Kier molecular flexibility index (Phi) is 6.36. The zero-order chi connectivity index (χ0) is 22.5. The molecule has 3 aromatic carbocycles. The fraction of sp³-hybridized carbons (Fsp3) is 0.185. The highest BCUT2D eigenvalue weighted by molar-refractivity contribution is 5.81. The Balaban J connectivity index is 1.72. The van der Waals surface area contributed by atoms with Crippen molar-refractivity contribution < 1.29 is 4.74 Å². The van der Waals surface area contributed by atoms with Gasteiger partial charge in [-0.1, -0.05) is 67.6 Å². The lowest BCUT2D eigenvalue weighted by Crippen LogP contribution is -2.31. The molecular weight excluding hydrogens is 398 g/mol. The second kappa shape index (κ2) is 9.52. The molecule has 1 atom stereocenters. The Hall–Kier alpha value is -3.86. The van der Waals surface area contributed by atoms with E-state index >= 15 is 0 Å². The molecule has 0 bridgehead atoms. The fourth-order valence-electron chi connectivity index (χ4n) is 3.80. The molecule has 5 nitrogen and oxygen atoms in total. The average Bonchev–Trinajstić information content (AvgIpc) is 2.82. The van der Waals surface area contributed by atoms with Gasteiger partial charge in [0, 0.05) is 0 Å². The first kappa shape index (κ1) is 21.4. The third-order valence-corrected chi connectivity index (χ3v) is 5.46. The van der Waals surface area contributed by atoms with Crippen LogP contribution in [0.15, 0.2) is 96.1 Å². The van der Waals surface area contributed by atoms with E-state index in [-0.39, 0.29) is 11.6 Å². The molecule has 0 amide bonds. The summed E-state index contributed by atoms with van der Waals surface area (Å²) >= 11 is 0. The van der Waals surface area contributed by atoms with Crippen LogP contribution in [0.5, 0.6) is 0 Å². The largest absolute Gasteiger partial charge is 0.475 e. The third kappa shape index (κ3) is 4.42. The first-order valence-electron chi connectivity index (χ1n) is 10.8. The number of nitrogens with zero attached hydrogens (tertiary/aromatic N) is 2. The summed E-state index contributed by atoms with van der Waals surface area (Å²) < 4.78 is 7.54. The molecule has 1 unspecified atom stereocenters. The molecule has 0 aliphatic carbocycles. The number of benzene rings is 3. The van der Waals surface area contributed by atoms with E-state index in [0.717, 1.165) is 16.8 Å². The molecule has 5 heteroatoms. The van der Waals surface area contributed by atoms with Gasteiger partial charge in [-0.2, -0.15) is 0 Å². The highest BCUT2D eigenvalue weighted by Crippen LogP contribution is 2.22. The van der Waals surface area contributed by atoms with Crippen molar-refractivity contribution in [3.63, 3.8) is 0 Å². The maximum absolute atomic E-state index is 13.6. The Morgan fingerprint density at radius 2 is 1.72 bits per heavy atom. The van der Waals surface area contributed by atoms with Crippen LogP contribution in [0.2, 0.25) is 0 Å². The molecule has 0 saturated carbocycles. The Bertz CT molecular complexity index is 1280. The van der Waals surface area contributed by atoms with Gasteiger partial charge >= 0.3 is 0 Å². The van der Waals surface area contributed by atoms with Crippen LogP contribution >= 0.6 is 0 Å². The van der Waals surface area contributed by atoms with Gasteiger partial charge in [-0.15, -0.1) is 0 Å². The van der Waals surface area contributed by atoms with Crippen molar-refractivity contribution in [3.8, 4) is 5.69 Å². The van der Waals surface area contributed by atoms with Crippen molar-refractivity contribution in [2.24, 2.45) is 0 Å². The lowest BCUT2D eigenvalue weighted by molar-refractivity contribution is 0.170. The van der Waals surface area contributed by atoms with Gasteiger partial charge in [0.2, 0.25) is 0 Å². The van der Waals surface area contributed by atoms with Crippen molar-refractivity contribution in [1.82, 2.24) is 14.9 Å². The molecule has 0 aliphatic rings. The van der Waals surface area contributed by atoms with Crippen LogP contribution in [0.1, 0.15) is 36.3 Å². The molecule has 0 saturated heterocycles. The van der Waals surface area contributed by atoms with E-state index in [1.165, 1.54) is 0 Å². The van der Waals surface area contributed by atoms with Gasteiger partial charge in [-0.25, -0.2) is 4.98 Å². The highest BCUT2D eigenvalue weighted by Gasteiger charge is 2.21. The van der Waals surface area contributed by atoms with Crippen molar-refractivity contribution in [3.05, 3.63) is 119 Å². The van der Waals surface area contributed by atoms with Crippen LogP contribution < -0.4 is 10.9 Å². The molecule has 162 valence electrons. The lowest BCUT2D eigenvalue weighted by Gasteiger charge is -2.23. The molecule has 4 aromatic rings. The summed E-state index contributed by atoms with van der Waals surface area (Å²) in [6, 6.07) is 25.0. The van der Waals surface area contributed by atoms with Crippen molar-refractivity contribution in [2.45, 2.75) is 32.9 Å². The predicted molar refractivity (Wildman–Crippen MR) is 129 cm³/mol. The summed E-state index contributed by atoms with van der Waals surface area (Å²) in [7, 11) is 0. The fourth-order valence-corrected chi connectivity index (χ4v) is 3.80. The van der Waals surface area contributed by atoms with E-state index in [4.69, 9.17) is 9.72 Å². The van der Waals surface area contributed by atoms with Gasteiger partial charge in [-0.3, -0.25) is 9.36 Å². The van der Waals surface area contributed by atoms with Crippen LogP contribution in [-0.2, 0) is 11.3 Å². The monoisotopic (exact) mass is 425 g/mol. The van der Waals surface area contributed by atoms with Crippen molar-refractivity contribution in [1.29, 1.82) is 0 Å². The van der Waals surface area contributed by atoms with E-state index in [0.29, 0.717) is 35.6 Å². The Morgan fingerprint density at radius 3 is 2.41 bits per heavy atom. The van der Waals surface area contributed by atoms with E-state index < -0.39 is 0 Å².